The standard InChI is InChI=1S/C21H26N6O3S/c1-3-4-7-12-26-18(29)15-8-5-6-9-16(15)27-20(26)24-25-21(27)31-13(2)17(28)23-19(30)22-14-10-11-14/h5-6,8-9,13-14H,3-4,7,10-12H2,1-2H3,(H2,22,23,28,30). The van der Waals surface area contributed by atoms with E-state index in [9.17, 15) is 14.4 Å². The number of imide groups is 1. The van der Waals surface area contributed by atoms with Crippen LogP contribution in [0.25, 0.3) is 16.7 Å². The van der Waals surface area contributed by atoms with Crippen molar-refractivity contribution in [1.82, 2.24) is 29.8 Å². The van der Waals surface area contributed by atoms with E-state index in [1.165, 1.54) is 11.8 Å². The molecule has 10 heteroatoms. The Hall–Kier alpha value is -2.88. The zero-order valence-electron chi connectivity index (χ0n) is 17.6. The number of carbonyl (C=O) groups excluding carboxylic acids is 2. The van der Waals surface area contributed by atoms with Gasteiger partial charge in [0.1, 0.15) is 0 Å². The zero-order valence-corrected chi connectivity index (χ0v) is 18.4. The zero-order chi connectivity index (χ0) is 22.0. The van der Waals surface area contributed by atoms with Crippen LogP contribution in [-0.2, 0) is 11.3 Å². The van der Waals surface area contributed by atoms with E-state index < -0.39 is 17.2 Å². The maximum atomic E-state index is 13.1. The number of hydrogen-bond donors (Lipinski definition) is 2. The van der Waals surface area contributed by atoms with Crippen molar-refractivity contribution in [3.05, 3.63) is 34.6 Å². The van der Waals surface area contributed by atoms with Crippen LogP contribution in [0.3, 0.4) is 0 Å². The number of para-hydroxylation sites is 1. The topological polar surface area (TPSA) is 110 Å². The summed E-state index contributed by atoms with van der Waals surface area (Å²) >= 11 is 1.20. The molecule has 0 aliphatic heterocycles. The summed E-state index contributed by atoms with van der Waals surface area (Å²) in [5, 5.41) is 14.2. The molecule has 1 aliphatic rings. The molecule has 1 aromatic carbocycles. The first-order valence-electron chi connectivity index (χ1n) is 10.6. The molecule has 4 rings (SSSR count). The molecule has 0 saturated heterocycles. The highest BCUT2D eigenvalue weighted by Crippen LogP contribution is 2.25. The number of nitrogens with zero attached hydrogens (tertiary/aromatic N) is 4. The Bertz CT molecular complexity index is 1180. The van der Waals surface area contributed by atoms with Gasteiger partial charge in [-0.25, -0.2) is 4.79 Å². The fourth-order valence-corrected chi connectivity index (χ4v) is 4.26. The molecular formula is C21H26N6O3S. The number of urea groups is 1. The number of carbonyl (C=O) groups is 2. The molecule has 0 spiro atoms. The minimum absolute atomic E-state index is 0.0920. The van der Waals surface area contributed by atoms with E-state index in [0.717, 1.165) is 32.1 Å². The van der Waals surface area contributed by atoms with Gasteiger partial charge in [-0.2, -0.15) is 0 Å². The minimum Gasteiger partial charge on any atom is -0.335 e. The summed E-state index contributed by atoms with van der Waals surface area (Å²) < 4.78 is 3.48. The average Bonchev–Trinajstić information content (AvgIpc) is 3.47. The second-order valence-electron chi connectivity index (χ2n) is 7.80. The molecule has 2 heterocycles. The van der Waals surface area contributed by atoms with E-state index in [0.29, 0.717) is 28.4 Å². The molecule has 0 bridgehead atoms. The van der Waals surface area contributed by atoms with Crippen LogP contribution in [0.5, 0.6) is 0 Å². The third-order valence-electron chi connectivity index (χ3n) is 5.26. The van der Waals surface area contributed by atoms with Crippen molar-refractivity contribution in [2.75, 3.05) is 0 Å². The van der Waals surface area contributed by atoms with Crippen molar-refractivity contribution in [3.63, 3.8) is 0 Å². The van der Waals surface area contributed by atoms with Gasteiger partial charge in [0.25, 0.3) is 5.56 Å². The molecule has 9 nitrogen and oxygen atoms in total. The monoisotopic (exact) mass is 442 g/mol. The quantitative estimate of drug-likeness (QED) is 0.410. The Kier molecular flexibility index (Phi) is 6.26. The normalized spacial score (nSPS) is 14.6. The van der Waals surface area contributed by atoms with E-state index >= 15 is 0 Å². The van der Waals surface area contributed by atoms with Crippen molar-refractivity contribution in [2.24, 2.45) is 0 Å². The summed E-state index contributed by atoms with van der Waals surface area (Å²) in [5.41, 5.74) is 0.603. The van der Waals surface area contributed by atoms with Crippen LogP contribution in [0.2, 0.25) is 0 Å². The lowest BCUT2D eigenvalue weighted by atomic mass is 10.2. The van der Waals surface area contributed by atoms with Crippen molar-refractivity contribution in [2.45, 2.75) is 68.9 Å². The third kappa shape index (κ3) is 4.58. The third-order valence-corrected chi connectivity index (χ3v) is 6.31. The number of benzene rings is 1. The highest BCUT2D eigenvalue weighted by Gasteiger charge is 2.26. The summed E-state index contributed by atoms with van der Waals surface area (Å²) in [4.78, 5) is 37.4. The van der Waals surface area contributed by atoms with Crippen molar-refractivity contribution in [3.8, 4) is 0 Å². The average molecular weight is 443 g/mol. The Balaban J connectivity index is 1.64. The van der Waals surface area contributed by atoms with Gasteiger partial charge < -0.3 is 5.32 Å². The first-order chi connectivity index (χ1) is 15.0. The van der Waals surface area contributed by atoms with E-state index in [1.54, 1.807) is 17.6 Å². The summed E-state index contributed by atoms with van der Waals surface area (Å²) in [6, 6.07) is 7.03. The van der Waals surface area contributed by atoms with Crippen LogP contribution in [0, 0.1) is 0 Å². The predicted octanol–water partition coefficient (Wildman–Crippen LogP) is 2.70. The maximum Gasteiger partial charge on any atom is 0.321 e. The molecule has 3 aromatic rings. The van der Waals surface area contributed by atoms with Gasteiger partial charge in [0.05, 0.1) is 16.2 Å². The van der Waals surface area contributed by atoms with Crippen molar-refractivity contribution < 1.29 is 9.59 Å². The summed E-state index contributed by atoms with van der Waals surface area (Å²) in [6.45, 7) is 4.38. The van der Waals surface area contributed by atoms with Gasteiger partial charge in [-0.1, -0.05) is 43.7 Å². The highest BCUT2D eigenvalue weighted by molar-refractivity contribution is 8.00. The Morgan fingerprint density at radius 1 is 1.23 bits per heavy atom. The summed E-state index contributed by atoms with van der Waals surface area (Å²) in [6.07, 6.45) is 4.83. The SMILES string of the molecule is CCCCCn1c(=O)c2ccccc2n2c(SC(C)C(=O)NC(=O)NC3CC3)nnc12. The van der Waals surface area contributed by atoms with Crippen LogP contribution < -0.4 is 16.2 Å². The number of fused-ring (bicyclic) bond motifs is 3. The fraction of sp³-hybridized carbons (Fsp3) is 0.476. The Morgan fingerprint density at radius 2 is 2.00 bits per heavy atom. The fourth-order valence-electron chi connectivity index (χ4n) is 3.41. The molecule has 1 unspecified atom stereocenters. The van der Waals surface area contributed by atoms with Gasteiger partial charge in [-0.3, -0.25) is 23.9 Å². The van der Waals surface area contributed by atoms with Crippen molar-refractivity contribution in [1.29, 1.82) is 0 Å². The molecule has 1 saturated carbocycles. The van der Waals surface area contributed by atoms with Gasteiger partial charge in [0, 0.05) is 12.6 Å². The molecule has 0 radical (unpaired) electrons. The first-order valence-corrected chi connectivity index (χ1v) is 11.5. The summed E-state index contributed by atoms with van der Waals surface area (Å²) in [5.74, 6) is 0.0573. The van der Waals surface area contributed by atoms with Gasteiger partial charge in [-0.15, -0.1) is 10.2 Å². The van der Waals surface area contributed by atoms with Gasteiger partial charge in [0.2, 0.25) is 11.7 Å². The number of rotatable bonds is 8. The smallest absolute Gasteiger partial charge is 0.321 e. The van der Waals surface area contributed by atoms with Crippen LogP contribution in [0.4, 0.5) is 4.79 Å². The molecule has 2 aromatic heterocycles. The van der Waals surface area contributed by atoms with E-state index in [1.807, 2.05) is 22.6 Å². The second-order valence-corrected chi connectivity index (χ2v) is 9.10. The number of unbranched alkanes of at least 4 members (excludes halogenated alkanes) is 2. The van der Waals surface area contributed by atoms with E-state index in [4.69, 9.17) is 0 Å². The lowest BCUT2D eigenvalue weighted by molar-refractivity contribution is -0.119. The number of thioether (sulfide) groups is 1. The Morgan fingerprint density at radius 3 is 2.74 bits per heavy atom. The van der Waals surface area contributed by atoms with Crippen LogP contribution in [0.15, 0.2) is 34.2 Å². The molecular weight excluding hydrogens is 416 g/mol. The second kappa shape index (κ2) is 9.09. The lowest BCUT2D eigenvalue weighted by Crippen LogP contribution is -2.43. The molecule has 2 N–H and O–H groups in total. The molecule has 3 amide bonds. The number of nitrogens with one attached hydrogen (secondary N) is 2. The van der Waals surface area contributed by atoms with Crippen molar-refractivity contribution >= 4 is 40.4 Å². The molecule has 1 fully saturated rings. The molecule has 31 heavy (non-hydrogen) atoms. The van der Waals surface area contributed by atoms with E-state index in [-0.39, 0.29) is 11.6 Å². The minimum atomic E-state index is -0.573. The molecule has 164 valence electrons. The molecule has 1 aliphatic carbocycles. The van der Waals surface area contributed by atoms with Gasteiger partial charge in [-0.05, 0) is 38.3 Å². The number of aromatic nitrogens is 4. The highest BCUT2D eigenvalue weighted by atomic mass is 32.2. The first kappa shape index (κ1) is 21.4. The van der Waals surface area contributed by atoms with E-state index in [2.05, 4.69) is 27.8 Å². The van der Waals surface area contributed by atoms with Crippen LogP contribution in [0.1, 0.15) is 46.0 Å². The van der Waals surface area contributed by atoms with Gasteiger partial charge in [0.15, 0.2) is 5.16 Å². The largest absolute Gasteiger partial charge is 0.335 e. The number of amides is 3. The molecule has 1 atom stereocenters. The Labute approximate surface area is 183 Å². The maximum absolute atomic E-state index is 13.1. The van der Waals surface area contributed by atoms with Crippen LogP contribution in [-0.4, -0.2) is 42.4 Å². The van der Waals surface area contributed by atoms with Gasteiger partial charge >= 0.3 is 6.03 Å². The number of hydrogen-bond acceptors (Lipinski definition) is 6. The summed E-state index contributed by atoms with van der Waals surface area (Å²) in [7, 11) is 0. The number of aryl methyl sites for hydroxylation is 1. The van der Waals surface area contributed by atoms with Crippen LogP contribution >= 0.6 is 11.8 Å². The predicted molar refractivity (Wildman–Crippen MR) is 119 cm³/mol. The lowest BCUT2D eigenvalue weighted by Gasteiger charge is -2.13.